The lowest BCUT2D eigenvalue weighted by molar-refractivity contribution is -0.145. The molecule has 2 aromatic rings. The van der Waals surface area contributed by atoms with E-state index in [2.05, 4.69) is 18.7 Å². The summed E-state index contributed by atoms with van der Waals surface area (Å²) >= 11 is 6.07. The lowest BCUT2D eigenvalue weighted by atomic mass is 9.96. The first-order valence-electron chi connectivity index (χ1n) is 12.4. The molecule has 4 rings (SSSR count). The van der Waals surface area contributed by atoms with Crippen molar-refractivity contribution in [3.05, 3.63) is 41.4 Å². The molecule has 0 aromatic heterocycles. The Balaban J connectivity index is 1.63. The van der Waals surface area contributed by atoms with Crippen molar-refractivity contribution in [3.63, 3.8) is 0 Å². The maximum atomic E-state index is 13.9. The Morgan fingerprint density at radius 1 is 1.08 bits per heavy atom. The number of hydrogen-bond donors (Lipinski definition) is 0. The number of piperidine rings is 2. The van der Waals surface area contributed by atoms with Crippen LogP contribution >= 0.6 is 11.6 Å². The van der Waals surface area contributed by atoms with Gasteiger partial charge in [0.15, 0.2) is 0 Å². The third-order valence-corrected chi connectivity index (χ3v) is 9.44. The standard InChI is InChI=1S/C26H34ClN3O5S/c1-18(2)28-13-10-22(11-14-28)29-12-4-5-24(26(29)32)30(17-25(31)35-3)36(33,34)23-9-7-19-15-21(27)8-6-20(19)16-23/h6-9,15-16,18,22,24H,4-5,10-14,17H2,1-3H3/t24-/m0/s1. The zero-order valence-electron chi connectivity index (χ0n) is 21.0. The van der Waals surface area contributed by atoms with Gasteiger partial charge in [0, 0.05) is 36.7 Å². The van der Waals surface area contributed by atoms with Crippen LogP contribution in [0.4, 0.5) is 0 Å². The summed E-state index contributed by atoms with van der Waals surface area (Å²) in [5, 5.41) is 2.05. The van der Waals surface area contributed by atoms with E-state index < -0.39 is 28.6 Å². The highest BCUT2D eigenvalue weighted by Crippen LogP contribution is 2.30. The summed E-state index contributed by atoms with van der Waals surface area (Å²) in [5.74, 6) is -0.939. The Labute approximate surface area is 218 Å². The van der Waals surface area contributed by atoms with Crippen molar-refractivity contribution >= 4 is 44.3 Å². The van der Waals surface area contributed by atoms with Gasteiger partial charge in [0.05, 0.1) is 12.0 Å². The van der Waals surface area contributed by atoms with Crippen molar-refractivity contribution in [2.24, 2.45) is 0 Å². The van der Waals surface area contributed by atoms with E-state index in [0.29, 0.717) is 35.8 Å². The maximum absolute atomic E-state index is 13.9. The number of esters is 1. The van der Waals surface area contributed by atoms with Crippen LogP contribution in [0.1, 0.15) is 39.5 Å². The average molecular weight is 536 g/mol. The molecule has 1 amide bonds. The van der Waals surface area contributed by atoms with Crippen LogP contribution in [-0.4, -0.2) is 85.8 Å². The fourth-order valence-corrected chi connectivity index (χ4v) is 7.04. The van der Waals surface area contributed by atoms with Crippen LogP contribution in [0.2, 0.25) is 5.02 Å². The Hall–Kier alpha value is -2.20. The molecule has 0 unspecified atom stereocenters. The lowest BCUT2D eigenvalue weighted by Gasteiger charge is -2.44. The number of fused-ring (bicyclic) bond motifs is 1. The van der Waals surface area contributed by atoms with E-state index in [1.54, 1.807) is 30.3 Å². The van der Waals surface area contributed by atoms with Gasteiger partial charge in [-0.3, -0.25) is 9.59 Å². The molecule has 0 spiro atoms. The second-order valence-electron chi connectivity index (χ2n) is 9.83. The Kier molecular flexibility index (Phi) is 8.24. The van der Waals surface area contributed by atoms with Gasteiger partial charge in [-0.2, -0.15) is 4.31 Å². The van der Waals surface area contributed by atoms with Gasteiger partial charge in [0.1, 0.15) is 12.6 Å². The highest BCUT2D eigenvalue weighted by atomic mass is 35.5. The molecule has 196 valence electrons. The number of benzene rings is 2. The second kappa shape index (κ2) is 11.0. The predicted octanol–water partition coefficient (Wildman–Crippen LogP) is 3.52. The van der Waals surface area contributed by atoms with Crippen LogP contribution in [0, 0.1) is 0 Å². The molecule has 36 heavy (non-hydrogen) atoms. The van der Waals surface area contributed by atoms with Crippen LogP contribution in [0.3, 0.4) is 0 Å². The fraction of sp³-hybridized carbons (Fsp3) is 0.538. The average Bonchev–Trinajstić information content (AvgIpc) is 2.87. The minimum absolute atomic E-state index is 0.0244. The summed E-state index contributed by atoms with van der Waals surface area (Å²) in [5.41, 5.74) is 0. The molecule has 0 N–H and O–H groups in total. The summed E-state index contributed by atoms with van der Waals surface area (Å²) in [4.78, 5) is 30.3. The monoisotopic (exact) mass is 535 g/mol. The van der Waals surface area contributed by atoms with E-state index in [1.165, 1.54) is 13.2 Å². The molecule has 10 heteroatoms. The van der Waals surface area contributed by atoms with Crippen LogP contribution in [-0.2, 0) is 24.3 Å². The summed E-state index contributed by atoms with van der Waals surface area (Å²) < 4.78 is 33.6. The van der Waals surface area contributed by atoms with Gasteiger partial charge in [-0.15, -0.1) is 0 Å². The number of likely N-dealkylation sites (tertiary alicyclic amines) is 2. The van der Waals surface area contributed by atoms with Crippen molar-refractivity contribution in [2.75, 3.05) is 33.3 Å². The third-order valence-electron chi connectivity index (χ3n) is 7.36. The van der Waals surface area contributed by atoms with Crippen LogP contribution in [0.15, 0.2) is 41.3 Å². The predicted molar refractivity (Wildman–Crippen MR) is 139 cm³/mol. The summed E-state index contributed by atoms with van der Waals surface area (Å²) in [6.45, 7) is 6.22. The van der Waals surface area contributed by atoms with E-state index in [9.17, 15) is 18.0 Å². The summed E-state index contributed by atoms with van der Waals surface area (Å²) in [6.07, 6.45) is 2.74. The van der Waals surface area contributed by atoms with Crippen molar-refractivity contribution in [3.8, 4) is 0 Å². The number of nitrogens with zero attached hydrogens (tertiary/aromatic N) is 3. The van der Waals surface area contributed by atoms with Crippen molar-refractivity contribution in [1.82, 2.24) is 14.1 Å². The molecule has 2 aliphatic rings. The van der Waals surface area contributed by atoms with Crippen molar-refractivity contribution in [1.29, 1.82) is 0 Å². The maximum Gasteiger partial charge on any atom is 0.321 e. The molecule has 0 saturated carbocycles. The van der Waals surface area contributed by atoms with Gasteiger partial charge in [0.25, 0.3) is 0 Å². The number of carbonyl (C=O) groups is 2. The topological polar surface area (TPSA) is 87.2 Å². The van der Waals surface area contributed by atoms with E-state index in [0.717, 1.165) is 35.6 Å². The first-order valence-corrected chi connectivity index (χ1v) is 14.3. The molecule has 2 aromatic carbocycles. The minimum Gasteiger partial charge on any atom is -0.468 e. The number of rotatable bonds is 7. The number of hydrogen-bond acceptors (Lipinski definition) is 6. The molecule has 1 atom stereocenters. The van der Waals surface area contributed by atoms with E-state index in [4.69, 9.17) is 16.3 Å². The zero-order chi connectivity index (χ0) is 26.0. The van der Waals surface area contributed by atoms with Crippen LogP contribution in [0.5, 0.6) is 0 Å². The first-order chi connectivity index (χ1) is 17.1. The zero-order valence-corrected chi connectivity index (χ0v) is 22.6. The number of methoxy groups -OCH3 is 1. The number of carbonyl (C=O) groups excluding carboxylic acids is 2. The molecule has 0 bridgehead atoms. The van der Waals surface area contributed by atoms with Gasteiger partial charge in [0.2, 0.25) is 15.9 Å². The Morgan fingerprint density at radius 3 is 2.42 bits per heavy atom. The highest BCUT2D eigenvalue weighted by Gasteiger charge is 2.43. The second-order valence-corrected chi connectivity index (χ2v) is 12.2. The SMILES string of the molecule is COC(=O)CN([C@H]1CCCN(C2CCN(C(C)C)CC2)C1=O)S(=O)(=O)c1ccc2cc(Cl)ccc2c1. The largest absolute Gasteiger partial charge is 0.468 e. The molecule has 2 heterocycles. The molecule has 0 aliphatic carbocycles. The molecular weight excluding hydrogens is 502 g/mol. The molecule has 2 aliphatic heterocycles. The lowest BCUT2D eigenvalue weighted by Crippen LogP contribution is -2.59. The van der Waals surface area contributed by atoms with Crippen molar-refractivity contribution < 1.29 is 22.7 Å². The van der Waals surface area contributed by atoms with Gasteiger partial charge >= 0.3 is 5.97 Å². The van der Waals surface area contributed by atoms with Gasteiger partial charge in [-0.1, -0.05) is 23.7 Å². The first kappa shape index (κ1) is 26.9. The van der Waals surface area contributed by atoms with Gasteiger partial charge in [-0.05, 0) is 74.6 Å². The van der Waals surface area contributed by atoms with E-state index in [1.807, 2.05) is 4.90 Å². The van der Waals surface area contributed by atoms with Crippen LogP contribution in [0.25, 0.3) is 10.8 Å². The summed E-state index contributed by atoms with van der Waals surface area (Å²) in [7, 11) is -2.96. The molecule has 8 nitrogen and oxygen atoms in total. The van der Waals surface area contributed by atoms with Gasteiger partial charge < -0.3 is 14.5 Å². The number of sulfonamides is 1. The Bertz CT molecular complexity index is 1230. The molecule has 2 saturated heterocycles. The summed E-state index contributed by atoms with van der Waals surface area (Å²) in [6, 6.07) is 9.50. The van der Waals surface area contributed by atoms with Crippen molar-refractivity contribution in [2.45, 2.75) is 62.6 Å². The normalized spacial score (nSPS) is 20.4. The smallest absolute Gasteiger partial charge is 0.321 e. The Morgan fingerprint density at radius 2 is 1.75 bits per heavy atom. The minimum atomic E-state index is -4.17. The molecular formula is C26H34ClN3O5S. The quantitative estimate of drug-likeness (QED) is 0.504. The molecule has 2 fully saturated rings. The number of amides is 1. The van der Waals surface area contributed by atoms with Gasteiger partial charge in [-0.25, -0.2) is 8.42 Å². The fourth-order valence-electron chi connectivity index (χ4n) is 5.27. The number of ether oxygens (including phenoxy) is 1. The van der Waals surface area contributed by atoms with Crippen LogP contribution < -0.4 is 0 Å². The van der Waals surface area contributed by atoms with E-state index in [-0.39, 0.29) is 16.8 Å². The number of halogens is 1. The third kappa shape index (κ3) is 5.54. The highest BCUT2D eigenvalue weighted by molar-refractivity contribution is 7.89. The molecule has 0 radical (unpaired) electrons. The van der Waals surface area contributed by atoms with E-state index >= 15 is 0 Å².